The largest absolute Gasteiger partial charge is 0.493 e. The Morgan fingerprint density at radius 1 is 0.774 bits per heavy atom. The highest BCUT2D eigenvalue weighted by Crippen LogP contribution is 2.41. The molecule has 0 bridgehead atoms. The van der Waals surface area contributed by atoms with Gasteiger partial charge in [0.15, 0.2) is 11.5 Å². The molecule has 3 aromatic rings. The smallest absolute Gasteiger partial charge is 0.272 e. The summed E-state index contributed by atoms with van der Waals surface area (Å²) >= 11 is 1.38. The summed E-state index contributed by atoms with van der Waals surface area (Å²) in [5.74, 6) is 0.883. The van der Waals surface area contributed by atoms with Crippen molar-refractivity contribution in [2.75, 3.05) is 19.1 Å². The lowest BCUT2D eigenvalue weighted by Crippen LogP contribution is -2.31. The van der Waals surface area contributed by atoms with Crippen LogP contribution in [0.3, 0.4) is 0 Å². The molecule has 1 heterocycles. The molecular weight excluding hydrogens is 410 g/mol. The van der Waals surface area contributed by atoms with Crippen LogP contribution in [0.4, 0.5) is 5.69 Å². The van der Waals surface area contributed by atoms with E-state index in [0.717, 1.165) is 11.1 Å². The Morgan fingerprint density at radius 3 is 2.06 bits per heavy atom. The molecule has 0 radical (unpaired) electrons. The Labute approximate surface area is 185 Å². The summed E-state index contributed by atoms with van der Waals surface area (Å²) in [4.78, 5) is 28.5. The van der Waals surface area contributed by atoms with E-state index in [1.54, 1.807) is 18.2 Å². The second-order valence-electron chi connectivity index (χ2n) is 6.83. The zero-order valence-corrected chi connectivity index (χ0v) is 18.0. The molecule has 0 saturated carbocycles. The maximum atomic E-state index is 13.5. The van der Waals surface area contributed by atoms with Crippen molar-refractivity contribution < 1.29 is 19.1 Å². The van der Waals surface area contributed by atoms with Crippen molar-refractivity contribution in [1.82, 2.24) is 0 Å². The summed E-state index contributed by atoms with van der Waals surface area (Å²) in [5, 5.41) is 0. The first kappa shape index (κ1) is 20.8. The van der Waals surface area contributed by atoms with Crippen LogP contribution in [0, 0.1) is 0 Å². The maximum absolute atomic E-state index is 13.5. The number of ether oxygens (including phenoxy) is 2. The number of imide groups is 1. The Kier molecular flexibility index (Phi) is 6.09. The van der Waals surface area contributed by atoms with E-state index in [4.69, 9.17) is 9.47 Å². The fourth-order valence-electron chi connectivity index (χ4n) is 3.43. The zero-order valence-electron chi connectivity index (χ0n) is 17.2. The lowest BCUT2D eigenvalue weighted by Gasteiger charge is -2.17. The molecule has 0 atom stereocenters. The minimum atomic E-state index is -0.348. The van der Waals surface area contributed by atoms with Crippen LogP contribution in [0.1, 0.15) is 11.1 Å². The average molecular weight is 432 g/mol. The van der Waals surface area contributed by atoms with Gasteiger partial charge in [-0.25, -0.2) is 4.90 Å². The molecule has 3 aromatic carbocycles. The summed E-state index contributed by atoms with van der Waals surface area (Å²) in [7, 11) is 3.06. The highest BCUT2D eigenvalue weighted by molar-refractivity contribution is 8.03. The maximum Gasteiger partial charge on any atom is 0.272 e. The third kappa shape index (κ3) is 4.07. The number of carbonyl (C=O) groups is 2. The summed E-state index contributed by atoms with van der Waals surface area (Å²) in [5.41, 5.74) is 2.66. The van der Waals surface area contributed by atoms with Crippen molar-refractivity contribution in [3.63, 3.8) is 0 Å². The third-order valence-electron chi connectivity index (χ3n) is 4.96. The number of rotatable bonds is 7. The molecule has 1 aliphatic heterocycles. The monoisotopic (exact) mass is 431 g/mol. The van der Waals surface area contributed by atoms with Crippen LogP contribution in [0.5, 0.6) is 11.5 Å². The number of carbonyl (C=O) groups excluding carboxylic acids is 2. The molecule has 31 heavy (non-hydrogen) atoms. The third-order valence-corrected chi connectivity index (χ3v) is 6.10. The summed E-state index contributed by atoms with van der Waals surface area (Å²) in [6.45, 7) is 0. The first-order chi connectivity index (χ1) is 15.1. The SMILES string of the molecule is COc1ccc(N2C(=O)C(SCc3ccccc3)=C(c3ccccc3)C2=O)cc1OC. The van der Waals surface area contributed by atoms with Crippen molar-refractivity contribution >= 4 is 34.8 Å². The fourth-order valence-corrected chi connectivity index (χ4v) is 4.50. The lowest BCUT2D eigenvalue weighted by molar-refractivity contribution is -0.119. The van der Waals surface area contributed by atoms with Gasteiger partial charge in [-0.05, 0) is 23.3 Å². The van der Waals surface area contributed by atoms with Gasteiger partial charge in [-0.15, -0.1) is 11.8 Å². The summed E-state index contributed by atoms with van der Waals surface area (Å²) < 4.78 is 10.6. The van der Waals surface area contributed by atoms with E-state index >= 15 is 0 Å². The van der Waals surface area contributed by atoms with Gasteiger partial charge < -0.3 is 9.47 Å². The van der Waals surface area contributed by atoms with Crippen LogP contribution in [0.2, 0.25) is 0 Å². The first-order valence-electron chi connectivity index (χ1n) is 9.71. The Bertz CT molecular complexity index is 1140. The van der Waals surface area contributed by atoms with E-state index in [9.17, 15) is 9.59 Å². The Balaban J connectivity index is 1.73. The second kappa shape index (κ2) is 9.10. The molecule has 5 nitrogen and oxygen atoms in total. The van der Waals surface area contributed by atoms with E-state index < -0.39 is 0 Å². The Morgan fingerprint density at radius 2 is 1.42 bits per heavy atom. The van der Waals surface area contributed by atoms with Gasteiger partial charge in [0.25, 0.3) is 11.8 Å². The van der Waals surface area contributed by atoms with Crippen molar-refractivity contribution in [3.05, 3.63) is 94.9 Å². The molecule has 0 saturated heterocycles. The average Bonchev–Trinajstić information content (AvgIpc) is 3.07. The number of hydrogen-bond acceptors (Lipinski definition) is 5. The van der Waals surface area contributed by atoms with Crippen LogP contribution in [-0.4, -0.2) is 26.0 Å². The van der Waals surface area contributed by atoms with Crippen molar-refractivity contribution in [2.45, 2.75) is 5.75 Å². The van der Waals surface area contributed by atoms with Crippen LogP contribution < -0.4 is 14.4 Å². The molecule has 6 heteroatoms. The van der Waals surface area contributed by atoms with Crippen LogP contribution >= 0.6 is 11.8 Å². The first-order valence-corrected chi connectivity index (χ1v) is 10.7. The molecule has 0 aliphatic carbocycles. The van der Waals surface area contributed by atoms with Crippen LogP contribution in [0.25, 0.3) is 5.57 Å². The van der Waals surface area contributed by atoms with Gasteiger partial charge in [-0.3, -0.25) is 9.59 Å². The standard InChI is InChI=1S/C25H21NO4S/c1-29-20-14-13-19(15-21(20)30-2)26-24(27)22(18-11-7-4-8-12-18)23(25(26)28)31-16-17-9-5-3-6-10-17/h3-15H,16H2,1-2H3. The van der Waals surface area contributed by atoms with E-state index in [1.165, 1.54) is 30.9 Å². The molecule has 0 aromatic heterocycles. The number of hydrogen-bond donors (Lipinski definition) is 0. The van der Waals surface area contributed by atoms with Crippen molar-refractivity contribution in [2.24, 2.45) is 0 Å². The highest BCUT2D eigenvalue weighted by atomic mass is 32.2. The van der Waals surface area contributed by atoms with E-state index in [-0.39, 0.29) is 11.8 Å². The molecule has 2 amide bonds. The lowest BCUT2D eigenvalue weighted by atomic mass is 10.1. The summed E-state index contributed by atoms with van der Waals surface area (Å²) in [6.07, 6.45) is 0. The van der Waals surface area contributed by atoms with E-state index in [2.05, 4.69) is 0 Å². The van der Waals surface area contributed by atoms with Gasteiger partial charge >= 0.3 is 0 Å². The minimum Gasteiger partial charge on any atom is -0.493 e. The number of methoxy groups -OCH3 is 2. The minimum absolute atomic E-state index is 0.336. The second-order valence-corrected chi connectivity index (χ2v) is 7.82. The van der Waals surface area contributed by atoms with Crippen molar-refractivity contribution in [1.29, 1.82) is 0 Å². The quantitative estimate of drug-likeness (QED) is 0.497. The van der Waals surface area contributed by atoms with Crippen molar-refractivity contribution in [3.8, 4) is 11.5 Å². The molecule has 1 aliphatic rings. The van der Waals surface area contributed by atoms with Gasteiger partial charge in [-0.1, -0.05) is 60.7 Å². The highest BCUT2D eigenvalue weighted by Gasteiger charge is 2.40. The topological polar surface area (TPSA) is 55.8 Å². The van der Waals surface area contributed by atoms with Gasteiger partial charge in [0.05, 0.1) is 30.4 Å². The molecule has 0 fully saturated rings. The summed E-state index contributed by atoms with van der Waals surface area (Å²) in [6, 6.07) is 24.2. The molecule has 0 N–H and O–H groups in total. The molecule has 0 spiro atoms. The predicted molar refractivity (Wildman–Crippen MR) is 123 cm³/mol. The number of anilines is 1. The normalized spacial score (nSPS) is 13.7. The number of thioether (sulfide) groups is 1. The van der Waals surface area contributed by atoms with E-state index in [0.29, 0.717) is 33.4 Å². The Hall–Kier alpha value is -3.51. The van der Waals surface area contributed by atoms with Gasteiger partial charge in [0, 0.05) is 11.8 Å². The van der Waals surface area contributed by atoms with Gasteiger partial charge in [-0.2, -0.15) is 0 Å². The molecule has 156 valence electrons. The van der Waals surface area contributed by atoms with Crippen LogP contribution in [-0.2, 0) is 15.3 Å². The zero-order chi connectivity index (χ0) is 21.8. The van der Waals surface area contributed by atoms with Gasteiger partial charge in [0.2, 0.25) is 0 Å². The van der Waals surface area contributed by atoms with E-state index in [1.807, 2.05) is 60.7 Å². The number of amides is 2. The fraction of sp³-hybridized carbons (Fsp3) is 0.120. The molecular formula is C25H21NO4S. The van der Waals surface area contributed by atoms with Crippen LogP contribution in [0.15, 0.2) is 83.8 Å². The molecule has 0 unspecified atom stereocenters. The number of benzene rings is 3. The van der Waals surface area contributed by atoms with Gasteiger partial charge in [0.1, 0.15) is 0 Å². The molecule has 4 rings (SSSR count). The predicted octanol–water partition coefficient (Wildman–Crippen LogP) is 4.92. The number of nitrogens with zero attached hydrogens (tertiary/aromatic N) is 1.